The fraction of sp³-hybridized carbons (Fsp3) is 1.00. The summed E-state index contributed by atoms with van der Waals surface area (Å²) in [6, 6.07) is 0.817. The fourth-order valence-corrected chi connectivity index (χ4v) is 2.77. The molecule has 1 saturated carbocycles. The van der Waals surface area contributed by atoms with Crippen LogP contribution in [0.5, 0.6) is 0 Å². The molecule has 0 spiro atoms. The van der Waals surface area contributed by atoms with Crippen LogP contribution in [0.15, 0.2) is 0 Å². The molecule has 1 aliphatic rings. The molecule has 0 saturated heterocycles. The molecule has 1 rings (SSSR count). The third-order valence-electron chi connectivity index (χ3n) is 4.31. The second kappa shape index (κ2) is 8.11. The molecule has 0 aromatic rings. The summed E-state index contributed by atoms with van der Waals surface area (Å²) in [5.74, 6) is 1.87. The van der Waals surface area contributed by atoms with Gasteiger partial charge in [-0.15, -0.1) is 0 Å². The highest BCUT2D eigenvalue weighted by Crippen LogP contribution is 2.29. The summed E-state index contributed by atoms with van der Waals surface area (Å²) >= 11 is 0. The topological polar surface area (TPSA) is 12.0 Å². The van der Waals surface area contributed by atoms with E-state index in [-0.39, 0.29) is 0 Å². The van der Waals surface area contributed by atoms with Gasteiger partial charge in [0.25, 0.3) is 0 Å². The van der Waals surface area contributed by atoms with E-state index < -0.39 is 0 Å². The van der Waals surface area contributed by atoms with E-state index in [1.165, 1.54) is 57.9 Å². The van der Waals surface area contributed by atoms with Gasteiger partial charge in [0.05, 0.1) is 0 Å². The molecule has 3 unspecified atom stereocenters. The van der Waals surface area contributed by atoms with Crippen LogP contribution in [0.1, 0.15) is 72.1 Å². The van der Waals surface area contributed by atoms with Crippen molar-refractivity contribution < 1.29 is 0 Å². The van der Waals surface area contributed by atoms with Crippen LogP contribution < -0.4 is 5.32 Å². The lowest BCUT2D eigenvalue weighted by Gasteiger charge is -2.32. The fourth-order valence-electron chi connectivity index (χ4n) is 2.77. The lowest BCUT2D eigenvalue weighted by Crippen LogP contribution is -2.36. The number of rotatable bonds is 7. The van der Waals surface area contributed by atoms with Crippen molar-refractivity contribution in [2.45, 2.75) is 78.2 Å². The Bertz CT molecular complexity index is 167. The van der Waals surface area contributed by atoms with Gasteiger partial charge < -0.3 is 5.32 Å². The summed E-state index contributed by atoms with van der Waals surface area (Å²) in [5.41, 5.74) is 0. The normalized spacial score (nSPS) is 30.6. The van der Waals surface area contributed by atoms with E-state index in [1.807, 2.05) is 0 Å². The molecule has 0 bridgehead atoms. The van der Waals surface area contributed by atoms with E-state index in [4.69, 9.17) is 0 Å². The molecule has 1 aliphatic carbocycles. The molecule has 0 aromatic heterocycles. The lowest BCUT2D eigenvalue weighted by molar-refractivity contribution is 0.226. The summed E-state index contributed by atoms with van der Waals surface area (Å²) < 4.78 is 0. The van der Waals surface area contributed by atoms with Crippen molar-refractivity contribution >= 4 is 0 Å². The molecule has 1 N–H and O–H groups in total. The van der Waals surface area contributed by atoms with Crippen molar-refractivity contribution in [3.8, 4) is 0 Å². The maximum absolute atomic E-state index is 3.75. The lowest BCUT2D eigenvalue weighted by atomic mass is 9.79. The summed E-state index contributed by atoms with van der Waals surface area (Å²) in [4.78, 5) is 0. The van der Waals surface area contributed by atoms with Crippen LogP contribution in [-0.4, -0.2) is 12.6 Å². The Labute approximate surface area is 102 Å². The van der Waals surface area contributed by atoms with Crippen molar-refractivity contribution in [1.29, 1.82) is 0 Å². The largest absolute Gasteiger partial charge is 0.314 e. The Hall–Kier alpha value is -0.0400. The van der Waals surface area contributed by atoms with Crippen molar-refractivity contribution in [1.82, 2.24) is 5.32 Å². The van der Waals surface area contributed by atoms with Gasteiger partial charge in [-0.3, -0.25) is 0 Å². The van der Waals surface area contributed by atoms with Crippen LogP contribution >= 0.6 is 0 Å². The second-order valence-electron chi connectivity index (χ2n) is 5.83. The van der Waals surface area contributed by atoms with Gasteiger partial charge in [-0.05, 0) is 44.1 Å². The van der Waals surface area contributed by atoms with Crippen LogP contribution in [-0.2, 0) is 0 Å². The second-order valence-corrected chi connectivity index (χ2v) is 5.83. The first-order valence-corrected chi connectivity index (χ1v) is 7.47. The monoisotopic (exact) mass is 225 g/mol. The van der Waals surface area contributed by atoms with E-state index >= 15 is 0 Å². The molecule has 96 valence electrons. The van der Waals surface area contributed by atoms with Crippen molar-refractivity contribution in [2.75, 3.05) is 6.54 Å². The van der Waals surface area contributed by atoms with Crippen LogP contribution in [0.2, 0.25) is 0 Å². The van der Waals surface area contributed by atoms with E-state index in [9.17, 15) is 0 Å². The minimum Gasteiger partial charge on any atom is -0.314 e. The Morgan fingerprint density at radius 1 is 0.938 bits per heavy atom. The first-order chi connectivity index (χ1) is 7.74. The van der Waals surface area contributed by atoms with Crippen LogP contribution in [0.4, 0.5) is 0 Å². The molecular formula is C15H31N. The first kappa shape index (κ1) is 14.0. The van der Waals surface area contributed by atoms with Gasteiger partial charge in [-0.1, -0.05) is 46.5 Å². The van der Waals surface area contributed by atoms with Gasteiger partial charge in [0.2, 0.25) is 0 Å². The Morgan fingerprint density at radius 3 is 2.38 bits per heavy atom. The molecule has 0 radical (unpaired) electrons. The van der Waals surface area contributed by atoms with Crippen LogP contribution in [0.25, 0.3) is 0 Å². The molecule has 16 heavy (non-hydrogen) atoms. The SMILES string of the molecule is CCCCCCCNC1CCC(C)C(C)C1. The summed E-state index contributed by atoms with van der Waals surface area (Å²) in [7, 11) is 0. The van der Waals surface area contributed by atoms with E-state index in [0.29, 0.717) is 0 Å². The number of nitrogens with one attached hydrogen (secondary N) is 1. The van der Waals surface area contributed by atoms with Gasteiger partial charge in [0.1, 0.15) is 0 Å². The van der Waals surface area contributed by atoms with Gasteiger partial charge in [-0.25, -0.2) is 0 Å². The minimum absolute atomic E-state index is 0.817. The molecule has 0 heterocycles. The number of hydrogen-bond donors (Lipinski definition) is 1. The molecule has 0 aromatic carbocycles. The van der Waals surface area contributed by atoms with Gasteiger partial charge in [0, 0.05) is 6.04 Å². The van der Waals surface area contributed by atoms with Crippen molar-refractivity contribution in [2.24, 2.45) is 11.8 Å². The maximum atomic E-state index is 3.75. The minimum atomic E-state index is 0.817. The maximum Gasteiger partial charge on any atom is 0.00698 e. The quantitative estimate of drug-likeness (QED) is 0.634. The molecule has 1 heteroatoms. The molecule has 0 amide bonds. The summed E-state index contributed by atoms with van der Waals surface area (Å²) in [6.45, 7) is 8.35. The van der Waals surface area contributed by atoms with E-state index in [0.717, 1.165) is 17.9 Å². The van der Waals surface area contributed by atoms with Gasteiger partial charge in [0.15, 0.2) is 0 Å². The highest BCUT2D eigenvalue weighted by Gasteiger charge is 2.23. The molecule has 0 aliphatic heterocycles. The third kappa shape index (κ3) is 5.34. The highest BCUT2D eigenvalue weighted by atomic mass is 14.9. The highest BCUT2D eigenvalue weighted by molar-refractivity contribution is 4.79. The first-order valence-electron chi connectivity index (χ1n) is 7.47. The molecule has 1 fully saturated rings. The van der Waals surface area contributed by atoms with Gasteiger partial charge >= 0.3 is 0 Å². The van der Waals surface area contributed by atoms with Crippen LogP contribution in [0, 0.1) is 11.8 Å². The zero-order valence-electron chi connectivity index (χ0n) is 11.6. The Morgan fingerprint density at radius 2 is 1.69 bits per heavy atom. The smallest absolute Gasteiger partial charge is 0.00698 e. The average Bonchev–Trinajstić information content (AvgIpc) is 2.28. The zero-order chi connectivity index (χ0) is 11.8. The number of unbranched alkanes of at least 4 members (excludes halogenated alkanes) is 4. The van der Waals surface area contributed by atoms with E-state index in [1.54, 1.807) is 0 Å². The standard InChI is InChI=1S/C15H31N/c1-4-5-6-7-8-11-16-15-10-9-13(2)14(3)12-15/h13-16H,4-12H2,1-3H3. The zero-order valence-corrected chi connectivity index (χ0v) is 11.6. The third-order valence-corrected chi connectivity index (χ3v) is 4.31. The average molecular weight is 225 g/mol. The van der Waals surface area contributed by atoms with Crippen molar-refractivity contribution in [3.05, 3.63) is 0 Å². The summed E-state index contributed by atoms with van der Waals surface area (Å²) in [5, 5.41) is 3.75. The van der Waals surface area contributed by atoms with Gasteiger partial charge in [-0.2, -0.15) is 0 Å². The molecule has 3 atom stereocenters. The Balaban J connectivity index is 1.97. The Kier molecular flexibility index (Phi) is 7.11. The molecule has 1 nitrogen and oxygen atoms in total. The van der Waals surface area contributed by atoms with Crippen molar-refractivity contribution in [3.63, 3.8) is 0 Å². The number of hydrogen-bond acceptors (Lipinski definition) is 1. The van der Waals surface area contributed by atoms with E-state index in [2.05, 4.69) is 26.1 Å². The predicted molar refractivity (Wildman–Crippen MR) is 72.7 cm³/mol. The predicted octanol–water partition coefficient (Wildman–Crippen LogP) is 4.37. The summed E-state index contributed by atoms with van der Waals surface area (Å²) in [6.07, 6.45) is 11.2. The van der Waals surface area contributed by atoms with Crippen LogP contribution in [0.3, 0.4) is 0 Å². The molecular weight excluding hydrogens is 194 g/mol.